The fourth-order valence-electron chi connectivity index (χ4n) is 2.31. The Morgan fingerprint density at radius 3 is 2.60 bits per heavy atom. The van der Waals surface area contributed by atoms with Crippen LogP contribution >= 0.6 is 0 Å². The molecule has 132 valence electrons. The second-order valence-electron chi connectivity index (χ2n) is 5.56. The van der Waals surface area contributed by atoms with Gasteiger partial charge in [0, 0.05) is 12.1 Å². The molecule has 0 aromatic heterocycles. The van der Waals surface area contributed by atoms with Gasteiger partial charge in [-0.3, -0.25) is 4.79 Å². The first-order chi connectivity index (χ1) is 12.0. The van der Waals surface area contributed by atoms with Gasteiger partial charge in [-0.2, -0.15) is 0 Å². The highest BCUT2D eigenvalue weighted by Crippen LogP contribution is 2.22. The summed E-state index contributed by atoms with van der Waals surface area (Å²) in [5.74, 6) is 0.0951. The molecule has 6 nitrogen and oxygen atoms in total. The Morgan fingerprint density at radius 1 is 1.12 bits per heavy atom. The van der Waals surface area contributed by atoms with Gasteiger partial charge in [0.2, 0.25) is 5.91 Å². The van der Waals surface area contributed by atoms with Crippen LogP contribution in [-0.4, -0.2) is 30.7 Å². The first kappa shape index (κ1) is 18.3. The van der Waals surface area contributed by atoms with Crippen LogP contribution in [0.25, 0.3) is 0 Å². The minimum Gasteiger partial charge on any atom is -0.497 e. The topological polar surface area (TPSA) is 84.9 Å². The number of anilines is 1. The largest absolute Gasteiger partial charge is 0.497 e. The highest BCUT2D eigenvalue weighted by molar-refractivity contribution is 5.91. The number of hydrogen-bond donors (Lipinski definition) is 2. The zero-order chi connectivity index (χ0) is 18.2. The van der Waals surface area contributed by atoms with Gasteiger partial charge in [0.05, 0.1) is 7.11 Å². The molecule has 0 saturated carbocycles. The SMILES string of the molecule is COc1cccc(CCC(=O)Nc2ccc(OCC(=O)O)cc2C)c1. The van der Waals surface area contributed by atoms with E-state index in [1.165, 1.54) is 0 Å². The lowest BCUT2D eigenvalue weighted by atomic mass is 10.1. The molecule has 0 spiro atoms. The third-order valence-corrected chi connectivity index (χ3v) is 3.61. The van der Waals surface area contributed by atoms with Crippen molar-refractivity contribution in [3.05, 3.63) is 53.6 Å². The van der Waals surface area contributed by atoms with Crippen LogP contribution < -0.4 is 14.8 Å². The molecule has 6 heteroatoms. The molecule has 0 aliphatic heterocycles. The van der Waals surface area contributed by atoms with Crippen molar-refractivity contribution in [3.8, 4) is 11.5 Å². The number of ether oxygens (including phenoxy) is 2. The normalized spacial score (nSPS) is 10.2. The molecule has 0 radical (unpaired) electrons. The summed E-state index contributed by atoms with van der Waals surface area (Å²) in [5, 5.41) is 11.5. The number of methoxy groups -OCH3 is 1. The third-order valence-electron chi connectivity index (χ3n) is 3.61. The lowest BCUT2D eigenvalue weighted by Crippen LogP contribution is -2.13. The molecular weight excluding hydrogens is 322 g/mol. The number of nitrogens with one attached hydrogen (secondary N) is 1. The number of aliphatic carboxylic acids is 1. The molecule has 2 aromatic rings. The highest BCUT2D eigenvalue weighted by atomic mass is 16.5. The number of carboxylic acid groups (broad SMARTS) is 1. The van der Waals surface area contributed by atoms with Crippen molar-refractivity contribution in [1.82, 2.24) is 0 Å². The van der Waals surface area contributed by atoms with Crippen LogP contribution in [0.2, 0.25) is 0 Å². The van der Waals surface area contributed by atoms with E-state index in [2.05, 4.69) is 5.32 Å². The molecule has 0 saturated heterocycles. The Morgan fingerprint density at radius 2 is 1.92 bits per heavy atom. The predicted molar refractivity (Wildman–Crippen MR) is 94.3 cm³/mol. The summed E-state index contributed by atoms with van der Waals surface area (Å²) in [7, 11) is 1.61. The van der Waals surface area contributed by atoms with Gasteiger partial charge in [-0.15, -0.1) is 0 Å². The van der Waals surface area contributed by atoms with Gasteiger partial charge in [-0.25, -0.2) is 4.79 Å². The second-order valence-corrected chi connectivity index (χ2v) is 5.56. The van der Waals surface area contributed by atoms with E-state index in [0.717, 1.165) is 16.9 Å². The number of hydrogen-bond acceptors (Lipinski definition) is 4. The van der Waals surface area contributed by atoms with Crippen LogP contribution in [0, 0.1) is 6.92 Å². The van der Waals surface area contributed by atoms with Crippen molar-refractivity contribution in [2.45, 2.75) is 19.8 Å². The minimum absolute atomic E-state index is 0.0925. The van der Waals surface area contributed by atoms with Crippen molar-refractivity contribution in [2.75, 3.05) is 19.0 Å². The van der Waals surface area contributed by atoms with Gasteiger partial charge in [-0.05, 0) is 54.8 Å². The molecule has 25 heavy (non-hydrogen) atoms. The van der Waals surface area contributed by atoms with Crippen LogP contribution in [0.1, 0.15) is 17.5 Å². The number of benzene rings is 2. The molecular formula is C19H21NO5. The lowest BCUT2D eigenvalue weighted by molar-refractivity contribution is -0.139. The van der Waals surface area contributed by atoms with Crippen LogP contribution in [0.4, 0.5) is 5.69 Å². The van der Waals surface area contributed by atoms with E-state index in [9.17, 15) is 9.59 Å². The Labute approximate surface area is 146 Å². The maximum atomic E-state index is 12.1. The van der Waals surface area contributed by atoms with Gasteiger partial charge in [0.1, 0.15) is 11.5 Å². The summed E-state index contributed by atoms with van der Waals surface area (Å²) in [4.78, 5) is 22.7. The number of carbonyl (C=O) groups excluding carboxylic acids is 1. The molecule has 1 amide bonds. The van der Waals surface area contributed by atoms with Crippen molar-refractivity contribution in [1.29, 1.82) is 0 Å². The standard InChI is InChI=1S/C19H21NO5/c1-13-10-16(25-12-19(22)23)7-8-17(13)20-18(21)9-6-14-4-3-5-15(11-14)24-2/h3-5,7-8,10-11H,6,9,12H2,1-2H3,(H,20,21)(H,22,23). The molecule has 0 aliphatic rings. The van der Waals surface area contributed by atoms with E-state index in [4.69, 9.17) is 14.6 Å². The van der Waals surface area contributed by atoms with E-state index in [1.54, 1.807) is 25.3 Å². The van der Waals surface area contributed by atoms with Crippen molar-refractivity contribution in [3.63, 3.8) is 0 Å². The maximum absolute atomic E-state index is 12.1. The van der Waals surface area contributed by atoms with E-state index in [-0.39, 0.29) is 5.91 Å². The number of carboxylic acids is 1. The molecule has 0 fully saturated rings. The number of amides is 1. The summed E-state index contributed by atoms with van der Waals surface area (Å²) in [6, 6.07) is 12.7. The van der Waals surface area contributed by atoms with Crippen molar-refractivity contribution >= 4 is 17.6 Å². The third kappa shape index (κ3) is 5.84. The molecule has 2 rings (SSSR count). The zero-order valence-corrected chi connectivity index (χ0v) is 14.2. The van der Waals surface area contributed by atoms with Gasteiger partial charge in [0.15, 0.2) is 6.61 Å². The predicted octanol–water partition coefficient (Wildman–Crippen LogP) is 3.04. The van der Waals surface area contributed by atoms with Crippen LogP contribution in [-0.2, 0) is 16.0 Å². The summed E-state index contributed by atoms with van der Waals surface area (Å²) in [5.41, 5.74) is 2.51. The summed E-state index contributed by atoms with van der Waals surface area (Å²) in [6.45, 7) is 1.43. The molecule has 0 bridgehead atoms. The molecule has 0 atom stereocenters. The smallest absolute Gasteiger partial charge is 0.341 e. The van der Waals surface area contributed by atoms with Gasteiger partial charge in [-0.1, -0.05) is 12.1 Å². The monoisotopic (exact) mass is 343 g/mol. The van der Waals surface area contributed by atoms with Crippen molar-refractivity contribution in [2.24, 2.45) is 0 Å². The zero-order valence-electron chi connectivity index (χ0n) is 14.2. The van der Waals surface area contributed by atoms with Crippen LogP contribution in [0.15, 0.2) is 42.5 Å². The van der Waals surface area contributed by atoms with Crippen molar-refractivity contribution < 1.29 is 24.2 Å². The molecule has 0 heterocycles. The van der Waals surface area contributed by atoms with Crippen LogP contribution in [0.3, 0.4) is 0 Å². The Kier molecular flexibility index (Phi) is 6.39. The minimum atomic E-state index is -1.03. The maximum Gasteiger partial charge on any atom is 0.341 e. The summed E-state index contributed by atoms with van der Waals surface area (Å²) in [6.07, 6.45) is 0.964. The summed E-state index contributed by atoms with van der Waals surface area (Å²) < 4.78 is 10.3. The average Bonchev–Trinajstić information content (AvgIpc) is 2.60. The van der Waals surface area contributed by atoms with Gasteiger partial charge < -0.3 is 19.9 Å². The molecule has 0 unspecified atom stereocenters. The highest BCUT2D eigenvalue weighted by Gasteiger charge is 2.08. The van der Waals surface area contributed by atoms with E-state index >= 15 is 0 Å². The Hall–Kier alpha value is -3.02. The lowest BCUT2D eigenvalue weighted by Gasteiger charge is -2.11. The van der Waals surface area contributed by atoms with E-state index in [0.29, 0.717) is 24.3 Å². The Balaban J connectivity index is 1.90. The second kappa shape index (κ2) is 8.73. The fraction of sp³-hybridized carbons (Fsp3) is 0.263. The number of rotatable bonds is 8. The fourth-order valence-corrected chi connectivity index (χ4v) is 2.31. The molecule has 2 aromatic carbocycles. The quantitative estimate of drug-likeness (QED) is 0.769. The molecule has 0 aliphatic carbocycles. The number of carbonyl (C=O) groups is 2. The first-order valence-electron chi connectivity index (χ1n) is 7.86. The van der Waals surface area contributed by atoms with Gasteiger partial charge in [0.25, 0.3) is 0 Å². The van der Waals surface area contributed by atoms with Crippen LogP contribution in [0.5, 0.6) is 11.5 Å². The number of aryl methyl sites for hydroxylation is 2. The first-order valence-corrected chi connectivity index (χ1v) is 7.86. The summed E-state index contributed by atoms with van der Waals surface area (Å²) >= 11 is 0. The molecule has 2 N–H and O–H groups in total. The van der Waals surface area contributed by atoms with Gasteiger partial charge >= 0.3 is 5.97 Å². The van der Waals surface area contributed by atoms with E-state index in [1.807, 2.05) is 31.2 Å². The van der Waals surface area contributed by atoms with E-state index < -0.39 is 12.6 Å². The Bertz CT molecular complexity index is 757. The average molecular weight is 343 g/mol.